The molecular weight excluding hydrogens is 322 g/mol. The second kappa shape index (κ2) is 8.34. The maximum Gasteiger partial charge on any atom is 0.229 e. The molecule has 0 spiro atoms. The van der Waals surface area contributed by atoms with Crippen LogP contribution in [0, 0.1) is 6.92 Å². The van der Waals surface area contributed by atoms with Crippen LogP contribution in [-0.4, -0.2) is 23.1 Å². The first-order chi connectivity index (χ1) is 12.7. The Bertz CT molecular complexity index is 841. The molecule has 5 nitrogen and oxygen atoms in total. The fraction of sp³-hybridized carbons (Fsp3) is 0.238. The maximum atomic E-state index is 4.55. The summed E-state index contributed by atoms with van der Waals surface area (Å²) in [4.78, 5) is 11.2. The van der Waals surface area contributed by atoms with E-state index in [2.05, 4.69) is 76.6 Å². The van der Waals surface area contributed by atoms with E-state index in [1.807, 2.05) is 24.3 Å². The molecule has 1 aromatic heterocycles. The van der Waals surface area contributed by atoms with Gasteiger partial charge in [0, 0.05) is 36.3 Å². The molecule has 134 valence electrons. The molecule has 2 aromatic carbocycles. The normalized spacial score (nSPS) is 10.4. The lowest BCUT2D eigenvalue weighted by molar-refractivity contribution is 0.866. The summed E-state index contributed by atoms with van der Waals surface area (Å²) in [5.41, 5.74) is 4.39. The number of aromatic nitrogens is 2. The van der Waals surface area contributed by atoms with Crippen molar-refractivity contribution in [1.29, 1.82) is 0 Å². The second-order valence-corrected chi connectivity index (χ2v) is 6.05. The lowest BCUT2D eigenvalue weighted by Crippen LogP contribution is -2.21. The number of rotatable bonds is 7. The summed E-state index contributed by atoms with van der Waals surface area (Å²) in [6, 6.07) is 18.4. The van der Waals surface area contributed by atoms with Gasteiger partial charge in [0.15, 0.2) is 0 Å². The van der Waals surface area contributed by atoms with E-state index in [4.69, 9.17) is 0 Å². The monoisotopic (exact) mass is 347 g/mol. The van der Waals surface area contributed by atoms with Gasteiger partial charge in [0.1, 0.15) is 5.82 Å². The number of aryl methyl sites for hydroxylation is 1. The summed E-state index contributed by atoms with van der Waals surface area (Å²) < 4.78 is 0. The van der Waals surface area contributed by atoms with Gasteiger partial charge in [-0.25, -0.2) is 4.98 Å². The molecule has 3 aromatic rings. The number of nitrogens with zero attached hydrogens (tertiary/aromatic N) is 3. The van der Waals surface area contributed by atoms with Gasteiger partial charge >= 0.3 is 0 Å². The van der Waals surface area contributed by atoms with E-state index in [9.17, 15) is 0 Å². The van der Waals surface area contributed by atoms with Crippen molar-refractivity contribution in [2.75, 3.05) is 28.6 Å². The average Bonchev–Trinajstić information content (AvgIpc) is 2.66. The first-order valence-corrected chi connectivity index (χ1v) is 8.97. The molecule has 0 aliphatic heterocycles. The SMILES string of the molecule is CCN(CC)c1ccc(Nc2ccnc(Nc3ccccc3C)n2)cc1. The molecule has 0 saturated heterocycles. The summed E-state index contributed by atoms with van der Waals surface area (Å²) in [7, 11) is 0. The van der Waals surface area contributed by atoms with Gasteiger partial charge in [-0.05, 0) is 62.7 Å². The molecular formula is C21H25N5. The minimum Gasteiger partial charge on any atom is -0.372 e. The third-order valence-electron chi connectivity index (χ3n) is 4.32. The highest BCUT2D eigenvalue weighted by atomic mass is 15.1. The number of hydrogen-bond donors (Lipinski definition) is 2. The fourth-order valence-corrected chi connectivity index (χ4v) is 2.81. The summed E-state index contributed by atoms with van der Waals surface area (Å²) >= 11 is 0. The number of nitrogens with one attached hydrogen (secondary N) is 2. The van der Waals surface area contributed by atoms with Gasteiger partial charge in [0.05, 0.1) is 0 Å². The van der Waals surface area contributed by atoms with Crippen LogP contribution >= 0.6 is 0 Å². The van der Waals surface area contributed by atoms with Crippen LogP contribution in [0.3, 0.4) is 0 Å². The number of benzene rings is 2. The molecule has 0 atom stereocenters. The highest BCUT2D eigenvalue weighted by Crippen LogP contribution is 2.22. The highest BCUT2D eigenvalue weighted by Gasteiger charge is 2.04. The van der Waals surface area contributed by atoms with Crippen LogP contribution in [0.1, 0.15) is 19.4 Å². The van der Waals surface area contributed by atoms with E-state index in [1.165, 1.54) is 5.69 Å². The van der Waals surface area contributed by atoms with Gasteiger partial charge in [-0.2, -0.15) is 4.98 Å². The molecule has 0 bridgehead atoms. The molecule has 0 aliphatic rings. The van der Waals surface area contributed by atoms with E-state index in [0.717, 1.165) is 35.8 Å². The Balaban J connectivity index is 1.72. The van der Waals surface area contributed by atoms with Crippen molar-refractivity contribution < 1.29 is 0 Å². The van der Waals surface area contributed by atoms with Crippen molar-refractivity contribution in [3.05, 3.63) is 66.4 Å². The fourth-order valence-electron chi connectivity index (χ4n) is 2.81. The zero-order valence-electron chi connectivity index (χ0n) is 15.5. The first kappa shape index (κ1) is 17.7. The first-order valence-electron chi connectivity index (χ1n) is 8.97. The van der Waals surface area contributed by atoms with Gasteiger partial charge in [-0.1, -0.05) is 18.2 Å². The van der Waals surface area contributed by atoms with E-state index in [1.54, 1.807) is 6.20 Å². The summed E-state index contributed by atoms with van der Waals surface area (Å²) in [5.74, 6) is 1.33. The summed E-state index contributed by atoms with van der Waals surface area (Å²) in [6.07, 6.45) is 1.75. The lowest BCUT2D eigenvalue weighted by atomic mass is 10.2. The third kappa shape index (κ3) is 4.30. The Labute approximate surface area is 155 Å². The van der Waals surface area contributed by atoms with Crippen LogP contribution in [0.4, 0.5) is 28.8 Å². The van der Waals surface area contributed by atoms with E-state index in [0.29, 0.717) is 5.95 Å². The van der Waals surface area contributed by atoms with Crippen LogP contribution in [0.25, 0.3) is 0 Å². The topological polar surface area (TPSA) is 53.1 Å². The molecule has 0 radical (unpaired) electrons. The van der Waals surface area contributed by atoms with Gasteiger partial charge in [-0.15, -0.1) is 0 Å². The van der Waals surface area contributed by atoms with Gasteiger partial charge in [0.25, 0.3) is 0 Å². The van der Waals surface area contributed by atoms with Crippen molar-refractivity contribution in [3.8, 4) is 0 Å². The molecule has 0 aliphatic carbocycles. The van der Waals surface area contributed by atoms with Crippen molar-refractivity contribution in [1.82, 2.24) is 9.97 Å². The molecule has 3 rings (SSSR count). The molecule has 0 amide bonds. The smallest absolute Gasteiger partial charge is 0.229 e. The zero-order chi connectivity index (χ0) is 18.4. The predicted octanol–water partition coefficient (Wildman–Crippen LogP) is 5.12. The van der Waals surface area contributed by atoms with Gasteiger partial charge in [0.2, 0.25) is 5.95 Å². The van der Waals surface area contributed by atoms with E-state index < -0.39 is 0 Å². The Morgan fingerprint density at radius 1 is 0.885 bits per heavy atom. The van der Waals surface area contributed by atoms with Crippen LogP contribution in [0.15, 0.2) is 60.8 Å². The van der Waals surface area contributed by atoms with E-state index in [-0.39, 0.29) is 0 Å². The predicted molar refractivity (Wildman–Crippen MR) is 110 cm³/mol. The Kier molecular flexibility index (Phi) is 5.69. The average molecular weight is 347 g/mol. The molecule has 0 unspecified atom stereocenters. The molecule has 1 heterocycles. The van der Waals surface area contributed by atoms with Crippen molar-refractivity contribution in [2.45, 2.75) is 20.8 Å². The van der Waals surface area contributed by atoms with Crippen LogP contribution < -0.4 is 15.5 Å². The van der Waals surface area contributed by atoms with Crippen molar-refractivity contribution in [3.63, 3.8) is 0 Å². The molecule has 0 saturated carbocycles. The van der Waals surface area contributed by atoms with Crippen LogP contribution in [0.2, 0.25) is 0 Å². The lowest BCUT2D eigenvalue weighted by Gasteiger charge is -2.21. The molecule has 0 fully saturated rings. The number of hydrogen-bond acceptors (Lipinski definition) is 5. The second-order valence-electron chi connectivity index (χ2n) is 6.05. The Morgan fingerprint density at radius 3 is 2.31 bits per heavy atom. The highest BCUT2D eigenvalue weighted by molar-refractivity contribution is 5.63. The third-order valence-corrected chi connectivity index (χ3v) is 4.32. The maximum absolute atomic E-state index is 4.55. The van der Waals surface area contributed by atoms with E-state index >= 15 is 0 Å². The number of para-hydroxylation sites is 1. The van der Waals surface area contributed by atoms with Crippen LogP contribution in [-0.2, 0) is 0 Å². The number of anilines is 5. The van der Waals surface area contributed by atoms with Crippen LogP contribution in [0.5, 0.6) is 0 Å². The standard InChI is InChI=1S/C21H25N5/c1-4-26(5-2)18-12-10-17(11-13-18)23-20-14-15-22-21(25-20)24-19-9-7-6-8-16(19)3/h6-15H,4-5H2,1-3H3,(H2,22,23,24,25). The van der Waals surface area contributed by atoms with Gasteiger partial charge < -0.3 is 15.5 Å². The van der Waals surface area contributed by atoms with Crippen molar-refractivity contribution >= 4 is 28.8 Å². The molecule has 26 heavy (non-hydrogen) atoms. The minimum absolute atomic E-state index is 0.573. The molecule has 5 heteroatoms. The van der Waals surface area contributed by atoms with Gasteiger partial charge in [-0.3, -0.25) is 0 Å². The Hall–Kier alpha value is -3.08. The largest absolute Gasteiger partial charge is 0.372 e. The Morgan fingerprint density at radius 2 is 1.62 bits per heavy atom. The quantitative estimate of drug-likeness (QED) is 0.621. The van der Waals surface area contributed by atoms with Crippen molar-refractivity contribution in [2.24, 2.45) is 0 Å². The minimum atomic E-state index is 0.573. The summed E-state index contributed by atoms with van der Waals surface area (Å²) in [6.45, 7) is 8.40. The zero-order valence-corrected chi connectivity index (χ0v) is 15.5. The molecule has 2 N–H and O–H groups in total. The summed E-state index contributed by atoms with van der Waals surface area (Å²) in [5, 5.41) is 6.61.